The van der Waals surface area contributed by atoms with Crippen molar-refractivity contribution < 1.29 is 13.9 Å². The number of hydrogen-bond acceptors (Lipinski definition) is 3. The Bertz CT molecular complexity index is 665. The van der Waals surface area contributed by atoms with E-state index in [1.807, 2.05) is 0 Å². The Morgan fingerprint density at radius 3 is 2.70 bits per heavy atom. The molecule has 0 N–H and O–H groups in total. The minimum atomic E-state index is -0.573. The summed E-state index contributed by atoms with van der Waals surface area (Å²) in [5, 5.41) is 1.58. The van der Waals surface area contributed by atoms with Crippen molar-refractivity contribution in [2.24, 2.45) is 0 Å². The number of halogens is 2. The average molecular weight is 296 g/mol. The van der Waals surface area contributed by atoms with Crippen molar-refractivity contribution >= 4 is 28.3 Å². The third kappa shape index (κ3) is 3.67. The van der Waals surface area contributed by atoms with Crippen LogP contribution in [0.5, 0.6) is 0 Å². The minimum Gasteiger partial charge on any atom is -0.460 e. The summed E-state index contributed by atoms with van der Waals surface area (Å²) in [5.74, 6) is -0.801. The molecule has 0 unspecified atom stereocenters. The van der Waals surface area contributed by atoms with Crippen LogP contribution in [0.4, 0.5) is 4.39 Å². The Morgan fingerprint density at radius 2 is 2.05 bits per heavy atom. The molecule has 0 bridgehead atoms. The van der Waals surface area contributed by atoms with Crippen molar-refractivity contribution in [3.8, 4) is 0 Å². The molecule has 5 heteroatoms. The molecule has 1 aromatic carbocycles. The molecule has 0 fully saturated rings. The Labute approximate surface area is 121 Å². The zero-order valence-corrected chi connectivity index (χ0v) is 12.3. The molecule has 2 aromatic rings. The summed E-state index contributed by atoms with van der Waals surface area (Å²) in [6.45, 7) is 5.36. The molecule has 106 valence electrons. The number of fused-ring (bicyclic) bond motifs is 1. The lowest BCUT2D eigenvalue weighted by atomic mass is 10.1. The molecule has 0 aliphatic rings. The van der Waals surface area contributed by atoms with E-state index in [9.17, 15) is 9.18 Å². The maximum absolute atomic E-state index is 13.3. The zero-order valence-electron chi connectivity index (χ0n) is 11.5. The van der Waals surface area contributed by atoms with Gasteiger partial charge in [0, 0.05) is 5.39 Å². The predicted molar refractivity (Wildman–Crippen MR) is 76.3 cm³/mol. The maximum Gasteiger partial charge on any atom is 0.312 e. The fraction of sp³-hybridized carbons (Fsp3) is 0.333. The molecule has 0 radical (unpaired) electrons. The van der Waals surface area contributed by atoms with E-state index < -0.39 is 11.6 Å². The molecule has 0 aliphatic heterocycles. The minimum absolute atomic E-state index is 0.0439. The highest BCUT2D eigenvalue weighted by Crippen LogP contribution is 2.23. The number of rotatable bonds is 2. The number of hydrogen-bond donors (Lipinski definition) is 0. The highest BCUT2D eigenvalue weighted by atomic mass is 35.5. The number of nitrogens with zero attached hydrogens (tertiary/aromatic N) is 1. The van der Waals surface area contributed by atoms with Crippen LogP contribution in [0.15, 0.2) is 24.3 Å². The molecule has 3 nitrogen and oxygen atoms in total. The lowest BCUT2D eigenvalue weighted by molar-refractivity contribution is -0.153. The first-order chi connectivity index (χ1) is 9.24. The predicted octanol–water partition coefficient (Wildman–Crippen LogP) is 3.91. The molecule has 0 spiro atoms. The van der Waals surface area contributed by atoms with Crippen LogP contribution in [0.2, 0.25) is 5.15 Å². The van der Waals surface area contributed by atoms with Gasteiger partial charge in [-0.2, -0.15) is 0 Å². The van der Waals surface area contributed by atoms with E-state index in [2.05, 4.69) is 4.98 Å². The molecule has 0 amide bonds. The van der Waals surface area contributed by atoms with Gasteiger partial charge in [0.15, 0.2) is 0 Å². The van der Waals surface area contributed by atoms with Crippen molar-refractivity contribution in [2.75, 3.05) is 0 Å². The number of esters is 1. The van der Waals surface area contributed by atoms with Crippen molar-refractivity contribution in [3.63, 3.8) is 0 Å². The van der Waals surface area contributed by atoms with Gasteiger partial charge in [-0.1, -0.05) is 17.7 Å². The number of pyridine rings is 1. The summed E-state index contributed by atoms with van der Waals surface area (Å²) >= 11 is 5.92. The molecular weight excluding hydrogens is 281 g/mol. The average Bonchev–Trinajstić information content (AvgIpc) is 2.27. The highest BCUT2D eigenvalue weighted by Gasteiger charge is 2.18. The van der Waals surface area contributed by atoms with E-state index in [-0.39, 0.29) is 17.4 Å². The molecule has 0 saturated heterocycles. The van der Waals surface area contributed by atoms with Gasteiger partial charge in [-0.25, -0.2) is 9.37 Å². The van der Waals surface area contributed by atoms with Gasteiger partial charge in [-0.05, 0) is 44.4 Å². The summed E-state index contributed by atoms with van der Waals surface area (Å²) in [4.78, 5) is 16.0. The Morgan fingerprint density at radius 1 is 1.35 bits per heavy atom. The Kier molecular flexibility index (Phi) is 3.95. The highest BCUT2D eigenvalue weighted by molar-refractivity contribution is 6.30. The number of ether oxygens (including phenoxy) is 1. The molecule has 1 heterocycles. The smallest absolute Gasteiger partial charge is 0.312 e. The quantitative estimate of drug-likeness (QED) is 0.623. The summed E-state index contributed by atoms with van der Waals surface area (Å²) in [6, 6.07) is 5.93. The monoisotopic (exact) mass is 295 g/mol. The topological polar surface area (TPSA) is 39.2 Å². The van der Waals surface area contributed by atoms with Crippen molar-refractivity contribution in [1.82, 2.24) is 4.98 Å². The summed E-state index contributed by atoms with van der Waals surface area (Å²) in [7, 11) is 0. The molecule has 0 atom stereocenters. The van der Waals surface area contributed by atoms with Gasteiger partial charge < -0.3 is 4.74 Å². The molecule has 0 aliphatic carbocycles. The number of carbonyl (C=O) groups excluding carboxylic acids is 1. The normalized spacial score (nSPS) is 11.7. The molecule has 20 heavy (non-hydrogen) atoms. The van der Waals surface area contributed by atoms with Gasteiger partial charge in [0.2, 0.25) is 0 Å². The Balaban J connectivity index is 2.38. The summed E-state index contributed by atoms with van der Waals surface area (Å²) in [5.41, 5.74) is -0.155. The first kappa shape index (κ1) is 14.7. The van der Waals surface area contributed by atoms with Gasteiger partial charge in [0.05, 0.1) is 12.1 Å². The van der Waals surface area contributed by atoms with E-state index in [1.165, 1.54) is 12.1 Å². The lowest BCUT2D eigenvalue weighted by Crippen LogP contribution is -2.25. The van der Waals surface area contributed by atoms with Gasteiger partial charge in [-0.3, -0.25) is 4.79 Å². The first-order valence-corrected chi connectivity index (χ1v) is 6.59. The largest absolute Gasteiger partial charge is 0.460 e. The van der Waals surface area contributed by atoms with Crippen LogP contribution in [-0.4, -0.2) is 16.6 Å². The first-order valence-electron chi connectivity index (χ1n) is 6.21. The van der Waals surface area contributed by atoms with E-state index in [4.69, 9.17) is 16.3 Å². The number of benzene rings is 1. The van der Waals surface area contributed by atoms with E-state index >= 15 is 0 Å². The lowest BCUT2D eigenvalue weighted by Gasteiger charge is -2.19. The molecule has 0 saturated carbocycles. The number of carbonyl (C=O) groups is 1. The number of aromatic nitrogens is 1. The second-order valence-electron chi connectivity index (χ2n) is 5.52. The maximum atomic E-state index is 13.3. The van der Waals surface area contributed by atoms with Crippen LogP contribution >= 0.6 is 11.6 Å². The van der Waals surface area contributed by atoms with Gasteiger partial charge in [-0.15, -0.1) is 0 Å². The Hall–Kier alpha value is -1.68. The fourth-order valence-corrected chi connectivity index (χ4v) is 2.12. The fourth-order valence-electron chi connectivity index (χ4n) is 1.90. The van der Waals surface area contributed by atoms with Crippen LogP contribution < -0.4 is 0 Å². The van der Waals surface area contributed by atoms with Crippen molar-refractivity contribution in [1.29, 1.82) is 0 Å². The van der Waals surface area contributed by atoms with Gasteiger partial charge in [0.1, 0.15) is 16.6 Å². The van der Waals surface area contributed by atoms with Crippen LogP contribution in [-0.2, 0) is 16.0 Å². The van der Waals surface area contributed by atoms with Gasteiger partial charge >= 0.3 is 5.97 Å². The van der Waals surface area contributed by atoms with Gasteiger partial charge in [0.25, 0.3) is 0 Å². The summed E-state index contributed by atoms with van der Waals surface area (Å²) in [6.07, 6.45) is -0.0439. The third-order valence-corrected chi connectivity index (χ3v) is 2.77. The van der Waals surface area contributed by atoms with Crippen LogP contribution in [0, 0.1) is 5.82 Å². The molecule has 1 aromatic heterocycles. The third-order valence-electron chi connectivity index (χ3n) is 2.57. The van der Waals surface area contributed by atoms with Crippen molar-refractivity contribution in [2.45, 2.75) is 32.8 Å². The zero-order chi connectivity index (χ0) is 14.9. The van der Waals surface area contributed by atoms with Crippen LogP contribution in [0.25, 0.3) is 10.8 Å². The van der Waals surface area contributed by atoms with Crippen LogP contribution in [0.3, 0.4) is 0 Å². The second-order valence-corrected chi connectivity index (χ2v) is 5.91. The van der Waals surface area contributed by atoms with Crippen molar-refractivity contribution in [3.05, 3.63) is 40.9 Å². The second kappa shape index (κ2) is 5.37. The van der Waals surface area contributed by atoms with Crippen LogP contribution in [0.1, 0.15) is 26.5 Å². The standard InChI is InChI=1S/C15H15ClFNO2/c1-15(2,3)20-14(19)8-12-11-7-10(17)5-4-9(11)6-13(16)18-12/h4-7H,8H2,1-3H3. The molecular formula is C15H15ClFNO2. The van der Waals surface area contributed by atoms with E-state index in [1.54, 1.807) is 32.9 Å². The SMILES string of the molecule is CC(C)(C)OC(=O)Cc1nc(Cl)cc2ccc(F)cc12. The molecule has 2 rings (SSSR count). The van der Waals surface area contributed by atoms with E-state index in [0.717, 1.165) is 5.39 Å². The van der Waals surface area contributed by atoms with E-state index in [0.29, 0.717) is 11.1 Å². The summed E-state index contributed by atoms with van der Waals surface area (Å²) < 4.78 is 18.6.